The normalized spacial score (nSPS) is 13.5. The SMILES string of the molecule is CC(F)(F)CC[Si](C)(C)O[Si](C)(C)CCC(F)(F)C(F)(F)F.CCC[Si](C)(C)O[Si](C)(C)CCC(F)(F)F.CCO[Si](CCC(C)(F)F)(OCC)OCC.CCO[Si](CCC(C)(F)F)(OCC)OCC.CO[Si](OC)(c1c(F)c(F)c(F)c(F)c1F)c1c(F)c(F)c(F)c(F)c1F. The van der Waals surface area contributed by atoms with Crippen molar-refractivity contribution in [1.29, 1.82) is 0 Å². The molecule has 0 N–H and O–H groups in total. The van der Waals surface area contributed by atoms with Crippen molar-refractivity contribution in [3.05, 3.63) is 58.2 Å². The summed E-state index contributed by atoms with van der Waals surface area (Å²) in [4.78, 5) is 0. The molecule has 2 rings (SSSR count). The van der Waals surface area contributed by atoms with Crippen molar-refractivity contribution < 1.29 is 149 Å². The highest BCUT2D eigenvalue weighted by Crippen LogP contribution is 2.41. The molecule has 0 aliphatic carbocycles. The van der Waals surface area contributed by atoms with Crippen molar-refractivity contribution in [2.45, 2.75) is 232 Å². The number of benzene rings is 2. The summed E-state index contributed by atoms with van der Waals surface area (Å²) >= 11 is 0. The molecule has 0 amide bonds. The van der Waals surface area contributed by atoms with Crippen LogP contribution >= 0.6 is 0 Å². The average molecular weight is 1580 g/mol. The summed E-state index contributed by atoms with van der Waals surface area (Å²) in [5, 5.41) is -3.96. The highest BCUT2D eigenvalue weighted by molar-refractivity contribution is 6.92. The van der Waals surface area contributed by atoms with Crippen LogP contribution in [-0.2, 0) is 43.6 Å². The molecule has 0 aromatic heterocycles. The van der Waals surface area contributed by atoms with Crippen LogP contribution in [0.1, 0.15) is 108 Å². The van der Waals surface area contributed by atoms with E-state index in [-0.39, 0.29) is 49.5 Å². The fourth-order valence-corrected chi connectivity index (χ4v) is 35.0. The standard InChI is InChI=1S/C14H6F10O2Si.C12H23F7OSi2.C10H23F3OSi2.2C10H22F2O3Si/c1-25-27(26-2,13-9(21)5(17)3(15)6(18)10(13)22)14-11(23)7(19)4(16)8(20)12(14)24;1-10(13,14)6-8-21(2,3)20-22(4,5)9-7-11(15,16)12(17,18)19;1-6-8-15(2,3)14-16(4,5)9-7-10(11,12)13;2*1-5-13-16(14-6-2,15-7-3)9-8-10(4,11)12/h1-2H3;6-9H2,1-5H3;6-9H2,1-5H3;2*5-9H2,1-4H3. The lowest BCUT2D eigenvalue weighted by atomic mass is 10.2. The Labute approximate surface area is 561 Å². The van der Waals surface area contributed by atoms with E-state index in [1.54, 1.807) is 13.1 Å². The summed E-state index contributed by atoms with van der Waals surface area (Å²) in [6.07, 6.45) is -11.5. The third-order valence-electron chi connectivity index (χ3n) is 13.2. The second-order valence-corrected chi connectivity index (χ2v) is 50.6. The summed E-state index contributed by atoms with van der Waals surface area (Å²) in [5.74, 6) is -38.8. The number of hydrogen-bond donors (Lipinski definition) is 0. The minimum absolute atomic E-state index is 0.128. The van der Waals surface area contributed by atoms with Gasteiger partial charge in [0.15, 0.2) is 79.8 Å². The fourth-order valence-electron chi connectivity index (χ4n) is 9.02. The van der Waals surface area contributed by atoms with Gasteiger partial charge in [-0.1, -0.05) is 13.3 Å². The van der Waals surface area contributed by atoms with Gasteiger partial charge in [0.2, 0.25) is 29.4 Å². The summed E-state index contributed by atoms with van der Waals surface area (Å²) < 4.78 is 367. The van der Waals surface area contributed by atoms with Gasteiger partial charge in [-0.3, -0.25) is 0 Å². The molecule has 576 valence electrons. The van der Waals surface area contributed by atoms with Gasteiger partial charge in [-0.25, -0.2) is 70.2 Å². The maximum absolute atomic E-state index is 14.1. The van der Waals surface area contributed by atoms with Crippen LogP contribution in [0.2, 0.25) is 88.6 Å². The minimum Gasteiger partial charge on any atom is -0.455 e. The van der Waals surface area contributed by atoms with Gasteiger partial charge in [0.05, 0.1) is 10.4 Å². The molecule has 0 aliphatic heterocycles. The predicted molar refractivity (Wildman–Crippen MR) is 336 cm³/mol. The van der Waals surface area contributed by atoms with Crippen molar-refractivity contribution in [3.63, 3.8) is 0 Å². The van der Waals surface area contributed by atoms with Crippen molar-refractivity contribution in [3.8, 4) is 0 Å². The molecule has 0 bridgehead atoms. The first-order chi connectivity index (χ1) is 43.6. The van der Waals surface area contributed by atoms with Crippen LogP contribution in [0.25, 0.3) is 0 Å². The summed E-state index contributed by atoms with van der Waals surface area (Å²) in [5.41, 5.74) is 0. The van der Waals surface area contributed by atoms with Crippen molar-refractivity contribution in [1.82, 2.24) is 0 Å². The van der Waals surface area contributed by atoms with Gasteiger partial charge >= 0.3 is 44.4 Å². The maximum Gasteiger partial charge on any atom is 0.501 e. The Morgan fingerprint density at radius 1 is 0.299 bits per heavy atom. The molecule has 2 aromatic carbocycles. The van der Waals surface area contributed by atoms with Crippen LogP contribution in [0.5, 0.6) is 0 Å². The Morgan fingerprint density at radius 2 is 0.515 bits per heavy atom. The number of hydrogen-bond acceptors (Lipinski definition) is 10. The second kappa shape index (κ2) is 41.4. The summed E-state index contributed by atoms with van der Waals surface area (Å²) in [6, 6.07) is 1.27. The molecule has 41 heteroatoms. The van der Waals surface area contributed by atoms with E-state index >= 15 is 0 Å². The monoisotopic (exact) mass is 1580 g/mol. The zero-order valence-electron chi connectivity index (χ0n) is 58.4. The Bertz CT molecular complexity index is 2410. The molecule has 0 saturated heterocycles. The summed E-state index contributed by atoms with van der Waals surface area (Å²) in [6.45, 7) is 32.4. The zero-order chi connectivity index (χ0) is 77.2. The van der Waals surface area contributed by atoms with Crippen molar-refractivity contribution in [2.24, 2.45) is 0 Å². The van der Waals surface area contributed by atoms with E-state index in [0.29, 0.717) is 53.9 Å². The van der Waals surface area contributed by atoms with E-state index < -0.39 is 177 Å². The van der Waals surface area contributed by atoms with Crippen LogP contribution in [0.15, 0.2) is 0 Å². The molecule has 0 aliphatic rings. The van der Waals surface area contributed by atoms with E-state index in [2.05, 4.69) is 28.9 Å². The lowest BCUT2D eigenvalue weighted by Crippen LogP contribution is -2.67. The third kappa shape index (κ3) is 36.2. The molecule has 97 heavy (non-hydrogen) atoms. The van der Waals surface area contributed by atoms with Gasteiger partial charge in [-0.2, -0.15) is 35.1 Å². The van der Waals surface area contributed by atoms with Gasteiger partial charge in [0.25, 0.3) is 0 Å². The Hall–Kier alpha value is -2.12. The Balaban J connectivity index is -0.00000116. The fraction of sp³-hybridized carbons (Fsp3) is 0.786. The predicted octanol–water partition coefficient (Wildman–Crippen LogP) is 19.9. The molecule has 0 atom stereocenters. The summed E-state index contributed by atoms with van der Waals surface area (Å²) in [7, 11) is -19.7. The molecule has 0 radical (unpaired) electrons. The van der Waals surface area contributed by atoms with Gasteiger partial charge in [0, 0.05) is 98.1 Å². The minimum atomic E-state index is -5.64. The van der Waals surface area contributed by atoms with Crippen LogP contribution in [0.3, 0.4) is 0 Å². The largest absolute Gasteiger partial charge is 0.501 e. The van der Waals surface area contributed by atoms with Gasteiger partial charge < -0.3 is 43.6 Å². The first-order valence-corrected chi connectivity index (χ1v) is 48.8. The van der Waals surface area contributed by atoms with Crippen LogP contribution < -0.4 is 10.4 Å². The number of rotatable bonds is 36. The van der Waals surface area contributed by atoms with Crippen LogP contribution in [0, 0.1) is 58.2 Å². The molecule has 0 fully saturated rings. The van der Waals surface area contributed by atoms with Crippen molar-refractivity contribution >= 4 is 69.8 Å². The first kappa shape index (κ1) is 99.1. The number of alkyl halides is 14. The molecular weight excluding hydrogens is 1490 g/mol. The van der Waals surface area contributed by atoms with Gasteiger partial charge in [-0.05, 0) is 139 Å². The molecule has 10 nitrogen and oxygen atoms in total. The molecule has 0 saturated carbocycles. The van der Waals surface area contributed by atoms with Gasteiger partial charge in [0.1, 0.15) is 0 Å². The van der Waals surface area contributed by atoms with Crippen LogP contribution in [-0.4, -0.2) is 149 Å². The number of halogens is 24. The van der Waals surface area contributed by atoms with E-state index in [4.69, 9.17) is 34.8 Å². The van der Waals surface area contributed by atoms with E-state index in [1.807, 2.05) is 54.6 Å². The third-order valence-corrected chi connectivity index (χ3v) is 37.5. The highest BCUT2D eigenvalue weighted by Gasteiger charge is 2.58. The first-order valence-electron chi connectivity index (χ1n) is 30.6. The Kier molecular flexibility index (Phi) is 42.3. The van der Waals surface area contributed by atoms with E-state index in [1.165, 1.54) is 13.1 Å². The highest BCUT2D eigenvalue weighted by atomic mass is 28.4. The average Bonchev–Trinajstić information content (AvgIpc) is 0.727. The smallest absolute Gasteiger partial charge is 0.455 e. The lowest BCUT2D eigenvalue weighted by molar-refractivity contribution is -0.282. The molecule has 0 unspecified atom stereocenters. The maximum atomic E-state index is 14.1. The van der Waals surface area contributed by atoms with Crippen LogP contribution in [0.4, 0.5) is 105 Å². The quantitative estimate of drug-likeness (QED) is 0.0284. The van der Waals surface area contributed by atoms with Crippen molar-refractivity contribution in [2.75, 3.05) is 53.9 Å². The molecule has 0 spiro atoms. The molecular formula is C56H96F24O10Si7. The van der Waals surface area contributed by atoms with E-state index in [9.17, 15) is 105 Å². The van der Waals surface area contributed by atoms with E-state index in [0.717, 1.165) is 33.2 Å². The van der Waals surface area contributed by atoms with Gasteiger partial charge in [-0.15, -0.1) is 0 Å². The molecule has 2 aromatic rings. The topological polar surface area (TPSA) is 92.3 Å². The lowest BCUT2D eigenvalue weighted by Gasteiger charge is -2.35. The second-order valence-electron chi connectivity index (χ2n) is 24.4. The zero-order valence-corrected chi connectivity index (χ0v) is 65.4. The molecule has 0 heterocycles. The Morgan fingerprint density at radius 3 is 0.722 bits per heavy atom.